The van der Waals surface area contributed by atoms with Crippen LogP contribution in [0.15, 0.2) is 0 Å². The summed E-state index contributed by atoms with van der Waals surface area (Å²) in [5, 5.41) is 185. The van der Waals surface area contributed by atoms with Gasteiger partial charge in [0.05, 0.1) is 39.6 Å². The SMILES string of the molecule is OC[C@@H](O)[C@H](O)[C@H](O[C@@H]1O[C@H](CO)[C@H](O)[C@H](O)[C@H]1O)[C@H](CO)O[C@H]1O[C@H](CO)[C@H](O[C@@H]2O[C@H](CO)[C@H](O)[C@H](O[C@@H]3O[C@H](CO)[C@@H](O)[C@H](O)[C@H]3O)[C@H]2O)[C@H](O)[C@H]1O. The molecule has 4 saturated heterocycles. The molecule has 4 rings (SSSR count). The fraction of sp³-hybridized carbons (Fsp3) is 1.00. The topological polar surface area (TPSA) is 438 Å². The smallest absolute Gasteiger partial charge is 0.187 e. The number of ether oxygens (including phenoxy) is 8. The van der Waals surface area contributed by atoms with Crippen molar-refractivity contribution in [2.45, 2.75) is 147 Å². The summed E-state index contributed by atoms with van der Waals surface area (Å²) >= 11 is 0. The third kappa shape index (κ3) is 10.1. The molecule has 4 fully saturated rings. The van der Waals surface area contributed by atoms with Gasteiger partial charge in [-0.1, -0.05) is 0 Å². The molecule has 4 heterocycles. The zero-order chi connectivity index (χ0) is 41.8. The molecule has 0 amide bonds. The molecule has 4 aliphatic heterocycles. The molecular formula is C30H54O26. The van der Waals surface area contributed by atoms with Crippen molar-refractivity contribution in [2.75, 3.05) is 39.6 Å². The zero-order valence-electron chi connectivity index (χ0n) is 29.4. The lowest BCUT2D eigenvalue weighted by atomic mass is 9.96. The van der Waals surface area contributed by atoms with Crippen molar-refractivity contribution in [2.24, 2.45) is 0 Å². The van der Waals surface area contributed by atoms with Crippen molar-refractivity contribution in [3.63, 3.8) is 0 Å². The Morgan fingerprint density at radius 3 is 1.30 bits per heavy atom. The normalized spacial score (nSPS) is 47.2. The number of rotatable bonds is 17. The summed E-state index contributed by atoms with van der Waals surface area (Å²) in [4.78, 5) is 0. The maximum atomic E-state index is 11.2. The van der Waals surface area contributed by atoms with Crippen LogP contribution in [0, 0.1) is 0 Å². The van der Waals surface area contributed by atoms with Gasteiger partial charge in [0.1, 0.15) is 122 Å². The van der Waals surface area contributed by atoms with Crippen LogP contribution in [0.25, 0.3) is 0 Å². The van der Waals surface area contributed by atoms with E-state index in [0.29, 0.717) is 0 Å². The van der Waals surface area contributed by atoms with Gasteiger partial charge in [0, 0.05) is 0 Å². The molecule has 0 aliphatic carbocycles. The van der Waals surface area contributed by atoms with Crippen molar-refractivity contribution in [3.8, 4) is 0 Å². The van der Waals surface area contributed by atoms with Gasteiger partial charge in [0.25, 0.3) is 0 Å². The van der Waals surface area contributed by atoms with Crippen molar-refractivity contribution in [3.05, 3.63) is 0 Å². The fourth-order valence-corrected chi connectivity index (χ4v) is 6.60. The Bertz CT molecular complexity index is 1160. The van der Waals surface area contributed by atoms with Gasteiger partial charge in [-0.15, -0.1) is 0 Å². The lowest BCUT2D eigenvalue weighted by molar-refractivity contribution is -0.385. The summed E-state index contributed by atoms with van der Waals surface area (Å²) < 4.78 is 43.8. The average molecular weight is 831 g/mol. The Morgan fingerprint density at radius 1 is 0.393 bits per heavy atom. The van der Waals surface area contributed by atoms with E-state index in [9.17, 15) is 91.9 Å². The Hall–Kier alpha value is -1.04. The molecule has 0 radical (unpaired) electrons. The van der Waals surface area contributed by atoms with Crippen LogP contribution in [0.5, 0.6) is 0 Å². The van der Waals surface area contributed by atoms with Crippen LogP contribution in [0.1, 0.15) is 0 Å². The molecule has 0 spiro atoms. The zero-order valence-corrected chi connectivity index (χ0v) is 29.4. The summed E-state index contributed by atoms with van der Waals surface area (Å²) in [5.74, 6) is 0. The molecule has 26 heteroatoms. The van der Waals surface area contributed by atoms with Crippen LogP contribution < -0.4 is 0 Å². The molecule has 26 nitrogen and oxygen atoms in total. The van der Waals surface area contributed by atoms with E-state index in [2.05, 4.69) is 0 Å². The molecule has 0 aromatic carbocycles. The number of aliphatic hydroxyl groups is 18. The lowest BCUT2D eigenvalue weighted by Crippen LogP contribution is -2.67. The predicted molar refractivity (Wildman–Crippen MR) is 169 cm³/mol. The van der Waals surface area contributed by atoms with Gasteiger partial charge < -0.3 is 130 Å². The molecule has 18 N–H and O–H groups in total. The van der Waals surface area contributed by atoms with Crippen molar-refractivity contribution in [1.82, 2.24) is 0 Å². The van der Waals surface area contributed by atoms with Crippen LogP contribution in [-0.2, 0) is 37.9 Å². The maximum Gasteiger partial charge on any atom is 0.187 e. The standard InChI is InChI=1S/C30H54O26/c31-1-7(37)13(38)24(54-28-20(45)17(42)14(39)8(2-32)49-28)11(5-35)52-27-22(47)19(44)25(12(6-36)53-27)55-30-23(48)26(16(41)10(4-34)51-30)56-29-21(46)18(43)15(40)9(3-33)50-29/h7-48H,1-6H2/t7-,8-,9-,10-,11+,12-,13+,14+,15-,16+,17+,18+,19-,20-,21-,22-,23-,24-,25+,26+,27+,28+,29+,30+/m1/s1. The molecule has 0 unspecified atom stereocenters. The maximum absolute atomic E-state index is 11.2. The Balaban J connectivity index is 1.51. The first-order valence-electron chi connectivity index (χ1n) is 17.5. The first kappa shape index (κ1) is 47.6. The lowest BCUT2D eigenvalue weighted by Gasteiger charge is -2.48. The van der Waals surface area contributed by atoms with Crippen LogP contribution in [0.4, 0.5) is 0 Å². The minimum atomic E-state index is -2.20. The highest BCUT2D eigenvalue weighted by atomic mass is 16.8. The quantitative estimate of drug-likeness (QED) is 0.0647. The Kier molecular flexibility index (Phi) is 17.8. The van der Waals surface area contributed by atoms with E-state index in [1.54, 1.807) is 0 Å². The third-order valence-electron chi connectivity index (χ3n) is 9.99. The molecule has 330 valence electrons. The number of aliphatic hydroxyl groups excluding tert-OH is 18. The summed E-state index contributed by atoms with van der Waals surface area (Å²) in [7, 11) is 0. The molecule has 24 atom stereocenters. The minimum absolute atomic E-state index is 0.847. The number of hydrogen-bond donors (Lipinski definition) is 18. The van der Waals surface area contributed by atoms with Crippen LogP contribution in [-0.4, -0.2) is 279 Å². The van der Waals surface area contributed by atoms with E-state index in [1.165, 1.54) is 0 Å². The largest absolute Gasteiger partial charge is 0.394 e. The Morgan fingerprint density at radius 2 is 0.804 bits per heavy atom. The van der Waals surface area contributed by atoms with Crippen molar-refractivity contribution < 1.29 is 130 Å². The minimum Gasteiger partial charge on any atom is -0.394 e. The number of hydrogen-bond acceptors (Lipinski definition) is 26. The summed E-state index contributed by atoms with van der Waals surface area (Å²) in [5.41, 5.74) is 0. The second-order valence-electron chi connectivity index (χ2n) is 13.7. The third-order valence-corrected chi connectivity index (χ3v) is 9.99. The molecule has 0 aromatic heterocycles. The van der Waals surface area contributed by atoms with Crippen LogP contribution >= 0.6 is 0 Å². The first-order valence-corrected chi connectivity index (χ1v) is 17.5. The molecule has 0 saturated carbocycles. The van der Waals surface area contributed by atoms with E-state index in [-0.39, 0.29) is 0 Å². The van der Waals surface area contributed by atoms with Gasteiger partial charge in [0.15, 0.2) is 25.2 Å². The van der Waals surface area contributed by atoms with Crippen molar-refractivity contribution in [1.29, 1.82) is 0 Å². The second kappa shape index (κ2) is 21.0. The van der Waals surface area contributed by atoms with Gasteiger partial charge >= 0.3 is 0 Å². The highest BCUT2D eigenvalue weighted by molar-refractivity contribution is 4.97. The molecule has 0 bridgehead atoms. The van der Waals surface area contributed by atoms with Crippen LogP contribution in [0.2, 0.25) is 0 Å². The highest BCUT2D eigenvalue weighted by Crippen LogP contribution is 2.34. The first-order chi connectivity index (χ1) is 26.5. The summed E-state index contributed by atoms with van der Waals surface area (Å²) in [6, 6.07) is 0. The highest BCUT2D eigenvalue weighted by Gasteiger charge is 2.55. The molecular weight excluding hydrogens is 776 g/mol. The van der Waals surface area contributed by atoms with E-state index >= 15 is 0 Å². The van der Waals surface area contributed by atoms with Crippen molar-refractivity contribution >= 4 is 0 Å². The Labute approximate surface area is 317 Å². The van der Waals surface area contributed by atoms with Gasteiger partial charge in [0.2, 0.25) is 0 Å². The molecule has 0 aromatic rings. The molecule has 4 aliphatic rings. The monoisotopic (exact) mass is 830 g/mol. The van der Waals surface area contributed by atoms with E-state index < -0.39 is 187 Å². The van der Waals surface area contributed by atoms with Gasteiger partial charge in [-0.05, 0) is 0 Å². The fourth-order valence-electron chi connectivity index (χ4n) is 6.60. The van der Waals surface area contributed by atoms with Gasteiger partial charge in [-0.25, -0.2) is 0 Å². The van der Waals surface area contributed by atoms with E-state index in [0.717, 1.165) is 0 Å². The summed E-state index contributed by atoms with van der Waals surface area (Å²) in [6.45, 7) is -5.97. The summed E-state index contributed by atoms with van der Waals surface area (Å²) in [6.07, 6.45) is -46.1. The second-order valence-corrected chi connectivity index (χ2v) is 13.7. The van der Waals surface area contributed by atoms with Crippen LogP contribution in [0.3, 0.4) is 0 Å². The van der Waals surface area contributed by atoms with E-state index in [1.807, 2.05) is 0 Å². The average Bonchev–Trinajstić information content (AvgIpc) is 3.20. The van der Waals surface area contributed by atoms with E-state index in [4.69, 9.17) is 37.9 Å². The van der Waals surface area contributed by atoms with Gasteiger partial charge in [-0.3, -0.25) is 0 Å². The predicted octanol–water partition coefficient (Wildman–Crippen LogP) is -12.3. The van der Waals surface area contributed by atoms with Gasteiger partial charge in [-0.2, -0.15) is 0 Å². The molecule has 56 heavy (non-hydrogen) atoms.